The maximum atomic E-state index is 13.5. The molecule has 4 rings (SSSR count). The van der Waals surface area contributed by atoms with Gasteiger partial charge in [0.25, 0.3) is 0 Å². The molecule has 0 aliphatic carbocycles. The summed E-state index contributed by atoms with van der Waals surface area (Å²) in [5, 5.41) is 16.5. The van der Waals surface area contributed by atoms with Crippen LogP contribution < -0.4 is 18.9 Å². The zero-order valence-electron chi connectivity index (χ0n) is 35.7. The lowest BCUT2D eigenvalue weighted by Crippen LogP contribution is -2.39. The number of benzene rings is 4. The van der Waals surface area contributed by atoms with Crippen molar-refractivity contribution in [2.75, 3.05) is 28.4 Å². The lowest BCUT2D eigenvalue weighted by atomic mass is 10.2. The molecule has 0 saturated heterocycles. The lowest BCUT2D eigenvalue weighted by Gasteiger charge is -2.27. The van der Waals surface area contributed by atoms with E-state index in [1.807, 2.05) is 0 Å². The van der Waals surface area contributed by atoms with Crippen molar-refractivity contribution in [3.63, 3.8) is 0 Å². The Bertz CT molecular complexity index is 1970. The third kappa shape index (κ3) is 16.0. The molecule has 0 aliphatic heterocycles. The molecular weight excluding hydrogens is 837 g/mol. The number of carbonyl (C=O) groups is 2. The van der Waals surface area contributed by atoms with Crippen LogP contribution in [0, 0.1) is 0 Å². The first-order valence-corrected chi connectivity index (χ1v) is 22.8. The molecule has 0 unspecified atom stereocenters. The molecule has 2 N–H and O–H groups in total. The van der Waals surface area contributed by atoms with Crippen molar-refractivity contribution < 1.29 is 55.6 Å². The van der Waals surface area contributed by atoms with Crippen LogP contribution >= 0.6 is 0 Å². The van der Waals surface area contributed by atoms with Gasteiger partial charge in [-0.2, -0.15) is 8.61 Å². The average Bonchev–Trinajstić information content (AvgIpc) is 3.27. The summed E-state index contributed by atoms with van der Waals surface area (Å²) in [5.74, 6) is 0.384. The summed E-state index contributed by atoms with van der Waals surface area (Å²) < 4.78 is 77.4. The summed E-state index contributed by atoms with van der Waals surface area (Å²) in [7, 11) is -1.59. The summed E-state index contributed by atoms with van der Waals surface area (Å²) in [6.07, 6.45) is 3.49. The van der Waals surface area contributed by atoms with E-state index in [0.29, 0.717) is 35.8 Å². The fourth-order valence-corrected chi connectivity index (χ4v) is 10.1. The fourth-order valence-electron chi connectivity index (χ4n) is 6.34. The van der Waals surface area contributed by atoms with Gasteiger partial charge in [0, 0.05) is 26.2 Å². The second-order valence-electron chi connectivity index (χ2n) is 14.2. The topological polar surface area (TPSA) is 186 Å². The van der Waals surface area contributed by atoms with Gasteiger partial charge in [-0.3, -0.25) is 9.59 Å². The highest BCUT2D eigenvalue weighted by atomic mass is 32.2. The van der Waals surface area contributed by atoms with Gasteiger partial charge in [0.05, 0.1) is 51.8 Å². The van der Waals surface area contributed by atoms with Gasteiger partial charge in [0.1, 0.15) is 23.0 Å². The van der Waals surface area contributed by atoms with Crippen molar-refractivity contribution >= 4 is 32.0 Å². The minimum Gasteiger partial charge on any atom is -0.497 e. The first-order chi connectivity index (χ1) is 29.6. The molecule has 4 aromatic rings. The summed E-state index contributed by atoms with van der Waals surface area (Å²) in [5.41, 5.74) is 3.10. The number of methoxy groups -OCH3 is 4. The second kappa shape index (κ2) is 25.3. The van der Waals surface area contributed by atoms with Crippen molar-refractivity contribution in [1.82, 2.24) is 8.61 Å². The third-order valence-electron chi connectivity index (χ3n) is 9.82. The molecular formula is C46H58N2O12S2. The molecule has 0 radical (unpaired) electrons. The van der Waals surface area contributed by atoms with E-state index in [0.717, 1.165) is 22.3 Å². The Balaban J connectivity index is 0.000000330. The van der Waals surface area contributed by atoms with Crippen LogP contribution in [0.25, 0.3) is 0 Å². The lowest BCUT2D eigenvalue weighted by molar-refractivity contribution is -0.138. The zero-order chi connectivity index (χ0) is 45.7. The van der Waals surface area contributed by atoms with Crippen LogP contribution in [-0.2, 0) is 55.8 Å². The van der Waals surface area contributed by atoms with Crippen LogP contribution in [0.3, 0.4) is 0 Å². The smallest absolute Gasteiger partial charge is 0.304 e. The van der Waals surface area contributed by atoms with Crippen molar-refractivity contribution in [2.24, 2.45) is 0 Å². The number of allylic oxidation sites excluding steroid dienone is 2. The van der Waals surface area contributed by atoms with Gasteiger partial charge in [-0.05, 0) is 96.5 Å². The average molecular weight is 895 g/mol. The van der Waals surface area contributed by atoms with Gasteiger partial charge >= 0.3 is 11.9 Å². The molecule has 0 bridgehead atoms. The van der Waals surface area contributed by atoms with E-state index in [1.54, 1.807) is 138 Å². The van der Waals surface area contributed by atoms with Crippen LogP contribution in [0.1, 0.15) is 60.8 Å². The fraction of sp³-hybridized carbons (Fsp3) is 0.348. The molecule has 2 atom stereocenters. The van der Waals surface area contributed by atoms with E-state index in [-0.39, 0.29) is 39.0 Å². The molecule has 0 amide bonds. The monoisotopic (exact) mass is 894 g/mol. The van der Waals surface area contributed by atoms with E-state index in [1.165, 1.54) is 8.61 Å². The number of ether oxygens (including phenoxy) is 4. The standard InChI is InChI=1S/2C23H29NO6S/c2*1-4-5-6-22(15-23(25)26)31(27,28)24(16-18-7-11-20(29-2)12-8-18)17-19-9-13-21(30-3)14-10-19/h2*4,7-14,22H,1,5-6,15-17H2,2-3H3,(H,25,26)/t2*22-/m10/s1. The van der Waals surface area contributed by atoms with Gasteiger partial charge in [0.15, 0.2) is 0 Å². The van der Waals surface area contributed by atoms with E-state index in [2.05, 4.69) is 13.2 Å². The summed E-state index contributed by atoms with van der Waals surface area (Å²) in [6.45, 7) is 7.71. The molecule has 0 spiro atoms. The van der Waals surface area contributed by atoms with Crippen LogP contribution in [0.15, 0.2) is 122 Å². The van der Waals surface area contributed by atoms with Crippen LogP contribution in [-0.4, -0.2) is 86.5 Å². The van der Waals surface area contributed by atoms with Crippen molar-refractivity contribution in [1.29, 1.82) is 0 Å². The van der Waals surface area contributed by atoms with Gasteiger partial charge in [-0.15, -0.1) is 13.2 Å². The van der Waals surface area contributed by atoms with Crippen molar-refractivity contribution in [3.8, 4) is 23.0 Å². The third-order valence-corrected chi connectivity index (χ3v) is 14.3. The quantitative estimate of drug-likeness (QED) is 0.0587. The molecule has 4 aromatic carbocycles. The first kappa shape index (κ1) is 50.7. The van der Waals surface area contributed by atoms with Crippen molar-refractivity contribution in [2.45, 2.75) is 75.2 Å². The molecule has 0 saturated carbocycles. The maximum Gasteiger partial charge on any atom is 0.304 e. The number of hydrogen-bond acceptors (Lipinski definition) is 10. The molecule has 16 heteroatoms. The minimum atomic E-state index is -3.92. The highest BCUT2D eigenvalue weighted by Gasteiger charge is 2.35. The van der Waals surface area contributed by atoms with Crippen LogP contribution in [0.2, 0.25) is 0 Å². The Morgan fingerprint density at radius 2 is 0.726 bits per heavy atom. The van der Waals surface area contributed by atoms with Crippen molar-refractivity contribution in [3.05, 3.63) is 145 Å². The molecule has 336 valence electrons. The second-order valence-corrected chi connectivity index (χ2v) is 18.6. The van der Waals surface area contributed by atoms with Gasteiger partial charge < -0.3 is 29.2 Å². The predicted molar refractivity (Wildman–Crippen MR) is 239 cm³/mol. The molecule has 0 aromatic heterocycles. The van der Waals surface area contributed by atoms with Gasteiger partial charge in [0.2, 0.25) is 20.0 Å². The Morgan fingerprint density at radius 1 is 0.500 bits per heavy atom. The van der Waals surface area contributed by atoms with Crippen LogP contribution in [0.5, 0.6) is 23.0 Å². The summed E-state index contributed by atoms with van der Waals surface area (Å²) >= 11 is 0. The number of carboxylic acids is 2. The SMILES string of the molecule is C=CCC[C@@H](CC(=O)O)S(=O)(=O)N(Cc1ccc(OC)cc1)Cc1ccc(OC)cc1.C=CCC[C@H](CC(=O)O)S(=O)(=O)N(Cc1ccc(OC)cc1)Cc1ccc(OC)cc1. The molecule has 14 nitrogen and oxygen atoms in total. The summed E-state index contributed by atoms with van der Waals surface area (Å²) in [4.78, 5) is 22.7. The Hall–Kier alpha value is -5.68. The highest BCUT2D eigenvalue weighted by Crippen LogP contribution is 2.27. The van der Waals surface area contributed by atoms with Crippen LogP contribution in [0.4, 0.5) is 0 Å². The predicted octanol–water partition coefficient (Wildman–Crippen LogP) is 7.69. The molecule has 0 fully saturated rings. The molecule has 0 aliphatic rings. The summed E-state index contributed by atoms with van der Waals surface area (Å²) in [6, 6.07) is 28.5. The zero-order valence-corrected chi connectivity index (χ0v) is 37.4. The van der Waals surface area contributed by atoms with Gasteiger partial charge in [-0.25, -0.2) is 16.8 Å². The number of hydrogen-bond donors (Lipinski definition) is 2. The Labute approximate surface area is 366 Å². The van der Waals surface area contributed by atoms with Gasteiger partial charge in [-0.1, -0.05) is 60.7 Å². The Morgan fingerprint density at radius 3 is 0.903 bits per heavy atom. The van der Waals surface area contributed by atoms with E-state index in [4.69, 9.17) is 18.9 Å². The number of rotatable bonds is 26. The first-order valence-electron chi connectivity index (χ1n) is 19.7. The Kier molecular flexibility index (Phi) is 20.7. The minimum absolute atomic E-state index is 0.114. The maximum absolute atomic E-state index is 13.5. The van der Waals surface area contributed by atoms with E-state index >= 15 is 0 Å². The molecule has 62 heavy (non-hydrogen) atoms. The number of carboxylic acid groups (broad SMARTS) is 2. The number of nitrogens with zero attached hydrogens (tertiary/aromatic N) is 2. The number of aliphatic carboxylic acids is 2. The highest BCUT2D eigenvalue weighted by molar-refractivity contribution is 7.90. The van der Waals surface area contributed by atoms with E-state index in [9.17, 15) is 36.6 Å². The normalized spacial score (nSPS) is 12.4. The van der Waals surface area contributed by atoms with E-state index < -0.39 is 55.3 Å². The number of sulfonamides is 2. The largest absolute Gasteiger partial charge is 0.497 e. The molecule has 0 heterocycles.